The molecule has 18 heavy (non-hydrogen) atoms. The molecule has 1 heterocycles. The lowest BCUT2D eigenvalue weighted by Crippen LogP contribution is -1.96. The SMILES string of the molecule is N#Cc1ccc(-c2csc(SCC(=O)O)n2)cc1. The van der Waals surface area contributed by atoms with Crippen LogP contribution >= 0.6 is 23.1 Å². The van der Waals surface area contributed by atoms with E-state index in [4.69, 9.17) is 10.4 Å². The van der Waals surface area contributed by atoms with E-state index in [0.29, 0.717) is 5.56 Å². The summed E-state index contributed by atoms with van der Waals surface area (Å²) in [5, 5.41) is 19.2. The van der Waals surface area contributed by atoms with Gasteiger partial charge in [0.25, 0.3) is 0 Å². The summed E-state index contributed by atoms with van der Waals surface area (Å²) < 4.78 is 0.733. The Morgan fingerprint density at radius 2 is 2.17 bits per heavy atom. The largest absolute Gasteiger partial charge is 0.481 e. The number of hydrogen-bond donors (Lipinski definition) is 1. The highest BCUT2D eigenvalue weighted by molar-refractivity contribution is 8.01. The molecule has 0 aliphatic heterocycles. The van der Waals surface area contributed by atoms with Gasteiger partial charge in [-0.2, -0.15) is 5.26 Å². The maximum Gasteiger partial charge on any atom is 0.313 e. The van der Waals surface area contributed by atoms with Crippen LogP contribution in [0.2, 0.25) is 0 Å². The first-order valence-corrected chi connectivity index (χ1v) is 6.86. The summed E-state index contributed by atoms with van der Waals surface area (Å²) in [5.41, 5.74) is 2.33. The molecule has 0 unspecified atom stereocenters. The van der Waals surface area contributed by atoms with Crippen LogP contribution in [0.1, 0.15) is 5.56 Å². The molecular formula is C12H8N2O2S2. The van der Waals surface area contributed by atoms with E-state index in [1.54, 1.807) is 12.1 Å². The zero-order valence-electron chi connectivity index (χ0n) is 9.16. The van der Waals surface area contributed by atoms with Gasteiger partial charge in [0.2, 0.25) is 0 Å². The van der Waals surface area contributed by atoms with Crippen LogP contribution in [-0.4, -0.2) is 21.8 Å². The molecule has 0 atom stereocenters. The van der Waals surface area contributed by atoms with Gasteiger partial charge >= 0.3 is 5.97 Å². The Kier molecular flexibility index (Phi) is 3.97. The molecule has 1 N–H and O–H groups in total. The monoisotopic (exact) mass is 276 g/mol. The topological polar surface area (TPSA) is 74.0 Å². The van der Waals surface area contributed by atoms with Crippen LogP contribution in [0.25, 0.3) is 11.3 Å². The highest BCUT2D eigenvalue weighted by Gasteiger charge is 2.07. The van der Waals surface area contributed by atoms with Gasteiger partial charge < -0.3 is 5.11 Å². The molecule has 0 spiro atoms. The van der Waals surface area contributed by atoms with Crippen LogP contribution in [0.15, 0.2) is 34.0 Å². The Balaban J connectivity index is 2.13. The van der Waals surface area contributed by atoms with Gasteiger partial charge in [-0.05, 0) is 12.1 Å². The average molecular weight is 276 g/mol. The lowest BCUT2D eigenvalue weighted by atomic mass is 10.1. The second-order valence-corrected chi connectivity index (χ2v) is 5.45. The third-order valence-corrected chi connectivity index (χ3v) is 4.12. The summed E-state index contributed by atoms with van der Waals surface area (Å²) in [6.45, 7) is 0. The average Bonchev–Trinajstić information content (AvgIpc) is 2.85. The Hall–Kier alpha value is -1.84. The molecular weight excluding hydrogens is 268 g/mol. The zero-order valence-corrected chi connectivity index (χ0v) is 10.8. The number of thiazole rings is 1. The quantitative estimate of drug-likeness (QED) is 0.869. The molecule has 0 amide bonds. The molecule has 6 heteroatoms. The summed E-state index contributed by atoms with van der Waals surface area (Å²) in [6.07, 6.45) is 0. The first-order chi connectivity index (χ1) is 8.69. The van der Waals surface area contributed by atoms with Crippen molar-refractivity contribution in [1.29, 1.82) is 5.26 Å². The number of nitrogens with zero attached hydrogens (tertiary/aromatic N) is 2. The number of hydrogen-bond acceptors (Lipinski definition) is 5. The zero-order chi connectivity index (χ0) is 13.0. The van der Waals surface area contributed by atoms with Crippen molar-refractivity contribution in [2.45, 2.75) is 4.34 Å². The van der Waals surface area contributed by atoms with E-state index < -0.39 is 5.97 Å². The third-order valence-electron chi connectivity index (χ3n) is 2.11. The Labute approximate surface area is 112 Å². The fourth-order valence-electron chi connectivity index (χ4n) is 1.30. The first-order valence-electron chi connectivity index (χ1n) is 4.99. The van der Waals surface area contributed by atoms with Crippen molar-refractivity contribution in [2.75, 3.05) is 5.75 Å². The van der Waals surface area contributed by atoms with E-state index in [2.05, 4.69) is 11.1 Å². The summed E-state index contributed by atoms with van der Waals surface area (Å²) in [5.74, 6) is -0.838. The van der Waals surface area contributed by atoms with E-state index in [1.165, 1.54) is 23.1 Å². The summed E-state index contributed by atoms with van der Waals surface area (Å²) >= 11 is 2.63. The smallest absolute Gasteiger partial charge is 0.313 e. The molecule has 90 valence electrons. The molecule has 1 aromatic carbocycles. The van der Waals surface area contributed by atoms with Crippen molar-refractivity contribution in [1.82, 2.24) is 4.98 Å². The summed E-state index contributed by atoms with van der Waals surface area (Å²) in [6, 6.07) is 9.19. The summed E-state index contributed by atoms with van der Waals surface area (Å²) in [4.78, 5) is 14.8. The first kappa shape index (κ1) is 12.6. The minimum absolute atomic E-state index is 0.0142. The van der Waals surface area contributed by atoms with Gasteiger partial charge in [0, 0.05) is 10.9 Å². The number of aromatic nitrogens is 1. The summed E-state index contributed by atoms with van der Waals surface area (Å²) in [7, 11) is 0. The third kappa shape index (κ3) is 3.09. The van der Waals surface area contributed by atoms with Gasteiger partial charge in [-0.3, -0.25) is 4.79 Å². The van der Waals surface area contributed by atoms with Crippen LogP contribution in [0.5, 0.6) is 0 Å². The second-order valence-electron chi connectivity index (χ2n) is 3.37. The molecule has 0 bridgehead atoms. The minimum atomic E-state index is -0.852. The predicted octanol–water partition coefficient (Wildman–Crippen LogP) is 2.86. The van der Waals surface area contributed by atoms with Crippen molar-refractivity contribution in [3.8, 4) is 17.3 Å². The van der Waals surface area contributed by atoms with Crippen molar-refractivity contribution < 1.29 is 9.90 Å². The molecule has 0 aliphatic rings. The number of rotatable bonds is 4. The highest BCUT2D eigenvalue weighted by atomic mass is 32.2. The van der Waals surface area contributed by atoms with Crippen LogP contribution < -0.4 is 0 Å². The second kappa shape index (κ2) is 5.67. The number of benzene rings is 1. The number of carbonyl (C=O) groups is 1. The van der Waals surface area contributed by atoms with Crippen LogP contribution in [0.3, 0.4) is 0 Å². The Bertz CT molecular complexity index is 599. The van der Waals surface area contributed by atoms with Crippen LogP contribution in [0, 0.1) is 11.3 Å². The molecule has 0 fully saturated rings. The molecule has 0 aliphatic carbocycles. The van der Waals surface area contributed by atoms with Crippen LogP contribution in [-0.2, 0) is 4.79 Å². The van der Waals surface area contributed by atoms with Gasteiger partial charge in [-0.25, -0.2) is 4.98 Å². The highest BCUT2D eigenvalue weighted by Crippen LogP contribution is 2.28. The molecule has 0 radical (unpaired) electrons. The van der Waals surface area contributed by atoms with E-state index in [-0.39, 0.29) is 5.75 Å². The maximum absolute atomic E-state index is 10.4. The van der Waals surface area contributed by atoms with Crippen molar-refractivity contribution in [3.63, 3.8) is 0 Å². The van der Waals surface area contributed by atoms with Crippen molar-refractivity contribution >= 4 is 29.1 Å². The lowest BCUT2D eigenvalue weighted by Gasteiger charge is -1.96. The fraction of sp³-hybridized carbons (Fsp3) is 0.0833. The number of aliphatic carboxylic acids is 1. The number of carboxylic acid groups (broad SMARTS) is 1. The van der Waals surface area contributed by atoms with Crippen molar-refractivity contribution in [2.24, 2.45) is 0 Å². The van der Waals surface area contributed by atoms with E-state index in [0.717, 1.165) is 15.6 Å². The van der Waals surface area contributed by atoms with Crippen molar-refractivity contribution in [3.05, 3.63) is 35.2 Å². The molecule has 0 saturated heterocycles. The number of thioether (sulfide) groups is 1. The molecule has 1 aromatic heterocycles. The minimum Gasteiger partial charge on any atom is -0.481 e. The van der Waals surface area contributed by atoms with E-state index in [1.807, 2.05) is 17.5 Å². The molecule has 4 nitrogen and oxygen atoms in total. The van der Waals surface area contributed by atoms with Crippen LogP contribution in [0.4, 0.5) is 0 Å². The van der Waals surface area contributed by atoms with E-state index in [9.17, 15) is 4.79 Å². The standard InChI is InChI=1S/C12H8N2O2S2/c13-5-8-1-3-9(4-2-8)10-6-17-12(14-10)18-7-11(15)16/h1-4,6H,7H2,(H,15,16). The normalized spacial score (nSPS) is 9.94. The predicted molar refractivity (Wildman–Crippen MR) is 70.6 cm³/mol. The molecule has 2 aromatic rings. The van der Waals surface area contributed by atoms with Gasteiger partial charge in [0.05, 0.1) is 23.1 Å². The van der Waals surface area contributed by atoms with Gasteiger partial charge in [0.1, 0.15) is 0 Å². The van der Waals surface area contributed by atoms with Gasteiger partial charge in [-0.15, -0.1) is 11.3 Å². The van der Waals surface area contributed by atoms with Gasteiger partial charge in [0.15, 0.2) is 4.34 Å². The van der Waals surface area contributed by atoms with Gasteiger partial charge in [-0.1, -0.05) is 23.9 Å². The fourth-order valence-corrected chi connectivity index (χ4v) is 2.85. The molecule has 2 rings (SSSR count). The Morgan fingerprint density at radius 1 is 1.44 bits per heavy atom. The number of nitriles is 1. The number of carboxylic acids is 1. The lowest BCUT2D eigenvalue weighted by molar-refractivity contribution is -0.133. The molecule has 0 saturated carbocycles. The maximum atomic E-state index is 10.4. The van der Waals surface area contributed by atoms with E-state index >= 15 is 0 Å². The Morgan fingerprint density at radius 3 is 2.78 bits per heavy atom.